The summed E-state index contributed by atoms with van der Waals surface area (Å²) in [5, 5.41) is 3.06. The van der Waals surface area contributed by atoms with Crippen molar-refractivity contribution in [1.29, 1.82) is 0 Å². The summed E-state index contributed by atoms with van der Waals surface area (Å²) < 4.78 is 2.35. The molecule has 0 aliphatic rings. The van der Waals surface area contributed by atoms with E-state index in [0.717, 1.165) is 48.3 Å². The average molecular weight is 378 g/mol. The first-order valence-corrected chi connectivity index (χ1v) is 10.3. The van der Waals surface area contributed by atoms with E-state index in [9.17, 15) is 4.79 Å². The number of hydrogen-bond acceptors (Lipinski definition) is 2. The van der Waals surface area contributed by atoms with Crippen LogP contribution >= 0.6 is 0 Å². The number of hydrogen-bond donors (Lipinski definition) is 1. The van der Waals surface area contributed by atoms with Crippen molar-refractivity contribution in [1.82, 2.24) is 14.9 Å². The number of nitrogens with zero attached hydrogens (tertiary/aromatic N) is 2. The average Bonchev–Trinajstić information content (AvgIpc) is 3.00. The number of nitrogens with one attached hydrogen (secondary N) is 1. The van der Waals surface area contributed by atoms with Gasteiger partial charge in [-0.1, -0.05) is 43.7 Å². The van der Waals surface area contributed by atoms with Crippen molar-refractivity contribution in [3.63, 3.8) is 0 Å². The topological polar surface area (TPSA) is 46.9 Å². The molecule has 0 bridgehead atoms. The van der Waals surface area contributed by atoms with Gasteiger partial charge in [0.15, 0.2) is 0 Å². The summed E-state index contributed by atoms with van der Waals surface area (Å²) in [6.45, 7) is 10.2. The molecule has 0 aliphatic carbocycles. The molecule has 0 saturated carbocycles. The van der Waals surface area contributed by atoms with Crippen molar-refractivity contribution in [2.45, 2.75) is 53.5 Å². The van der Waals surface area contributed by atoms with Gasteiger partial charge in [0.25, 0.3) is 5.91 Å². The lowest BCUT2D eigenvalue weighted by Crippen LogP contribution is -2.25. The van der Waals surface area contributed by atoms with Crippen molar-refractivity contribution < 1.29 is 4.79 Å². The van der Waals surface area contributed by atoms with Gasteiger partial charge in [0, 0.05) is 25.1 Å². The SMILES string of the molecule is Cc1ccc(C(=O)NCCCc2nc3ccccc3n2CCC(C)C)c(C)c1. The Labute approximate surface area is 168 Å². The number of para-hydroxylation sites is 2. The maximum atomic E-state index is 12.4. The van der Waals surface area contributed by atoms with Crippen LogP contribution in [0.4, 0.5) is 0 Å². The molecular formula is C24H31N3O. The highest BCUT2D eigenvalue weighted by Crippen LogP contribution is 2.19. The van der Waals surface area contributed by atoms with E-state index in [1.54, 1.807) is 0 Å². The predicted molar refractivity (Wildman–Crippen MR) is 116 cm³/mol. The zero-order valence-electron chi connectivity index (χ0n) is 17.5. The summed E-state index contributed by atoms with van der Waals surface area (Å²) in [4.78, 5) is 17.3. The van der Waals surface area contributed by atoms with E-state index in [1.807, 2.05) is 38.1 Å². The largest absolute Gasteiger partial charge is 0.352 e. The van der Waals surface area contributed by atoms with E-state index in [-0.39, 0.29) is 5.91 Å². The summed E-state index contributed by atoms with van der Waals surface area (Å²) in [7, 11) is 0. The van der Waals surface area contributed by atoms with Crippen molar-refractivity contribution in [2.75, 3.05) is 6.54 Å². The Morgan fingerprint density at radius 3 is 2.68 bits per heavy atom. The monoisotopic (exact) mass is 377 g/mol. The molecule has 2 aromatic carbocycles. The van der Waals surface area contributed by atoms with Crippen LogP contribution in [0.15, 0.2) is 42.5 Å². The predicted octanol–water partition coefficient (Wildman–Crippen LogP) is 5.06. The fourth-order valence-electron chi connectivity index (χ4n) is 3.57. The van der Waals surface area contributed by atoms with Crippen LogP contribution in [-0.4, -0.2) is 22.0 Å². The molecule has 0 fully saturated rings. The van der Waals surface area contributed by atoms with Crippen LogP contribution in [0.25, 0.3) is 11.0 Å². The van der Waals surface area contributed by atoms with E-state index < -0.39 is 0 Å². The Balaban J connectivity index is 1.62. The molecule has 1 heterocycles. The number of fused-ring (bicyclic) bond motifs is 1. The van der Waals surface area contributed by atoms with E-state index >= 15 is 0 Å². The molecule has 0 radical (unpaired) electrons. The van der Waals surface area contributed by atoms with Crippen molar-refractivity contribution >= 4 is 16.9 Å². The second kappa shape index (κ2) is 9.05. The van der Waals surface area contributed by atoms with Crippen LogP contribution < -0.4 is 5.32 Å². The number of rotatable bonds is 8. The zero-order valence-corrected chi connectivity index (χ0v) is 17.5. The van der Waals surface area contributed by atoms with Crippen LogP contribution in [0.5, 0.6) is 0 Å². The van der Waals surface area contributed by atoms with Crippen LogP contribution in [0.3, 0.4) is 0 Å². The molecule has 28 heavy (non-hydrogen) atoms. The minimum absolute atomic E-state index is 0.00538. The lowest BCUT2D eigenvalue weighted by molar-refractivity contribution is 0.0952. The highest BCUT2D eigenvalue weighted by molar-refractivity contribution is 5.95. The number of amides is 1. The second-order valence-electron chi connectivity index (χ2n) is 8.03. The molecule has 0 atom stereocenters. The van der Waals surface area contributed by atoms with Gasteiger partial charge < -0.3 is 9.88 Å². The quantitative estimate of drug-likeness (QED) is 0.558. The van der Waals surface area contributed by atoms with Crippen molar-refractivity contribution in [2.24, 2.45) is 5.92 Å². The van der Waals surface area contributed by atoms with Crippen LogP contribution in [0.1, 0.15) is 54.0 Å². The maximum Gasteiger partial charge on any atom is 0.251 e. The Kier molecular flexibility index (Phi) is 6.50. The Hall–Kier alpha value is -2.62. The Morgan fingerprint density at radius 2 is 1.93 bits per heavy atom. The smallest absolute Gasteiger partial charge is 0.251 e. The normalized spacial score (nSPS) is 11.3. The van der Waals surface area contributed by atoms with Gasteiger partial charge in [0.1, 0.15) is 5.82 Å². The van der Waals surface area contributed by atoms with E-state index in [1.165, 1.54) is 11.1 Å². The molecule has 0 spiro atoms. The number of carbonyl (C=O) groups excluding carboxylic acids is 1. The van der Waals surface area contributed by atoms with Gasteiger partial charge in [-0.25, -0.2) is 4.98 Å². The van der Waals surface area contributed by atoms with E-state index in [2.05, 4.69) is 41.9 Å². The van der Waals surface area contributed by atoms with Crippen LogP contribution in [-0.2, 0) is 13.0 Å². The molecule has 1 N–H and O–H groups in total. The van der Waals surface area contributed by atoms with Gasteiger partial charge in [0.05, 0.1) is 11.0 Å². The molecule has 0 saturated heterocycles. The Morgan fingerprint density at radius 1 is 1.14 bits per heavy atom. The molecule has 4 nitrogen and oxygen atoms in total. The fraction of sp³-hybridized carbons (Fsp3) is 0.417. The first-order valence-electron chi connectivity index (χ1n) is 10.3. The molecule has 0 unspecified atom stereocenters. The highest BCUT2D eigenvalue weighted by Gasteiger charge is 2.12. The molecule has 4 heteroatoms. The maximum absolute atomic E-state index is 12.4. The third-order valence-corrected chi connectivity index (χ3v) is 5.15. The molecule has 3 aromatic rings. The molecule has 1 aromatic heterocycles. The summed E-state index contributed by atoms with van der Waals surface area (Å²) in [5.41, 5.74) is 5.22. The molecule has 1 amide bonds. The number of imidazole rings is 1. The van der Waals surface area contributed by atoms with E-state index in [0.29, 0.717) is 12.5 Å². The third kappa shape index (κ3) is 4.80. The fourth-order valence-corrected chi connectivity index (χ4v) is 3.57. The van der Waals surface area contributed by atoms with Gasteiger partial charge >= 0.3 is 0 Å². The Bertz CT molecular complexity index is 956. The van der Waals surface area contributed by atoms with Gasteiger partial charge in [-0.3, -0.25) is 4.79 Å². The molecule has 0 aliphatic heterocycles. The standard InChI is InChI=1S/C24H31N3O/c1-17(2)13-15-27-22-9-6-5-8-21(22)26-23(27)10-7-14-25-24(28)20-12-11-18(3)16-19(20)4/h5-6,8-9,11-12,16-17H,7,10,13-15H2,1-4H3,(H,25,28). The third-order valence-electron chi connectivity index (χ3n) is 5.15. The minimum atomic E-state index is 0.00538. The highest BCUT2D eigenvalue weighted by atomic mass is 16.1. The summed E-state index contributed by atoms with van der Waals surface area (Å²) in [6, 6.07) is 14.3. The van der Waals surface area contributed by atoms with Gasteiger partial charge in [0.2, 0.25) is 0 Å². The first-order chi connectivity index (χ1) is 13.5. The van der Waals surface area contributed by atoms with Crippen LogP contribution in [0, 0.1) is 19.8 Å². The minimum Gasteiger partial charge on any atom is -0.352 e. The summed E-state index contributed by atoms with van der Waals surface area (Å²) in [6.07, 6.45) is 2.87. The molecule has 3 rings (SSSR count). The zero-order chi connectivity index (χ0) is 20.1. The first kappa shape index (κ1) is 20.1. The van der Waals surface area contributed by atoms with E-state index in [4.69, 9.17) is 4.98 Å². The number of benzene rings is 2. The summed E-state index contributed by atoms with van der Waals surface area (Å²) >= 11 is 0. The van der Waals surface area contributed by atoms with Crippen LogP contribution in [0.2, 0.25) is 0 Å². The number of aryl methyl sites for hydroxylation is 4. The molecular weight excluding hydrogens is 346 g/mol. The van der Waals surface area contributed by atoms with Gasteiger partial charge in [-0.15, -0.1) is 0 Å². The van der Waals surface area contributed by atoms with Crippen molar-refractivity contribution in [3.8, 4) is 0 Å². The number of aromatic nitrogens is 2. The number of carbonyl (C=O) groups is 1. The second-order valence-corrected chi connectivity index (χ2v) is 8.03. The van der Waals surface area contributed by atoms with Gasteiger partial charge in [-0.05, 0) is 56.4 Å². The van der Waals surface area contributed by atoms with Crippen molar-refractivity contribution in [3.05, 3.63) is 65.0 Å². The summed E-state index contributed by atoms with van der Waals surface area (Å²) in [5.74, 6) is 1.78. The molecule has 148 valence electrons. The lowest BCUT2D eigenvalue weighted by atomic mass is 10.1. The van der Waals surface area contributed by atoms with Gasteiger partial charge in [-0.2, -0.15) is 0 Å². The lowest BCUT2D eigenvalue weighted by Gasteiger charge is -2.12.